The number of thiocarbonyl (C=S) groups is 7. The van der Waals surface area contributed by atoms with Crippen LogP contribution in [-0.4, -0.2) is 417 Å². The lowest BCUT2D eigenvalue weighted by atomic mass is 9.94. The fourth-order valence-electron chi connectivity index (χ4n) is 12.5. The van der Waals surface area contributed by atoms with Crippen molar-refractivity contribution in [2.45, 2.75) is 215 Å². The molecule has 1 unspecified atom stereocenters. The van der Waals surface area contributed by atoms with Gasteiger partial charge in [-0.05, 0) is 85.5 Å². The van der Waals surface area contributed by atoms with Gasteiger partial charge in [0.25, 0.3) is 0 Å². The Morgan fingerprint density at radius 1 is 0.190 bits per heavy atom. The van der Waals surface area contributed by atoms with Crippen LogP contribution in [0.3, 0.4) is 0 Å². The second-order valence-electron chi connectivity index (χ2n) is 25.1. The van der Waals surface area contributed by atoms with E-state index < -0.39 is 215 Å². The standard InChI is InChI=1S/C56H98N14O28S7/c1-57-50(99)64-8-15-36-22(71)29(78)43(85-15)93-37-16(9-65-51(100)58-2)87-45(31(80)24(37)73)95-39-18(11-67-53(102)60-4)89-47(33(82)26(39)75)97-41-20(13-69-55(104)62-6)91-49(35(84)28(41)77)98-42-21(14-70-56(105)63-7)90-48(34(83)27(42)76)96-40-19(12-68-54(103)61-5)88-46(32(81)25(40)74)94-38-17(10-66-52(101)59-3)86-44(92-36)30(79)23(38)72/h15-49,71-84H,8-14H2,1-7H3,(H2,57,64,99)(H2,58,65,100)(H2,59,66,101)(H2,60,67,102)(H2,61,68,103)(H2,62,69,104)(H2,63,70,105)/t15-,16-,17-,18-,19-,20-,21-,22-,23-,24-,25-,26-,27-,28-,29-,30-,31-,32-,33-,34-,35?,36-,37-,38-,39-,40-,41-,42-,43-,44-,45-,46-,47-,48-,49-/m1/s1. The highest BCUT2D eigenvalue weighted by molar-refractivity contribution is 7.81. The Bertz CT molecular complexity index is 2370. The molecule has 21 aliphatic rings. The highest BCUT2D eigenvalue weighted by atomic mass is 32.1. The van der Waals surface area contributed by atoms with Crippen molar-refractivity contribution in [1.82, 2.24) is 74.4 Å². The number of aliphatic hydroxyl groups is 14. The van der Waals surface area contributed by atoms with Crippen molar-refractivity contribution in [3.8, 4) is 0 Å². The summed E-state index contributed by atoms with van der Waals surface area (Å²) in [7, 11) is 10.4. The third kappa shape index (κ3) is 21.5. The van der Waals surface area contributed by atoms with Crippen LogP contribution < -0.4 is 74.4 Å². The van der Waals surface area contributed by atoms with Gasteiger partial charge < -0.3 is 212 Å². The molecule has 0 aromatic rings. The molecular weight excluding hydrogens is 1540 g/mol. The van der Waals surface area contributed by atoms with Crippen molar-refractivity contribution in [2.75, 3.05) is 95.1 Å². The smallest absolute Gasteiger partial charge is 0.187 e. The van der Waals surface area contributed by atoms with E-state index in [2.05, 4.69) is 74.4 Å². The van der Waals surface area contributed by atoms with E-state index in [9.17, 15) is 71.5 Å². The lowest BCUT2D eigenvalue weighted by molar-refractivity contribution is -0.391. The molecule has 21 aliphatic heterocycles. The van der Waals surface area contributed by atoms with Crippen LogP contribution in [0.25, 0.3) is 0 Å². The molecule has 0 amide bonds. The van der Waals surface area contributed by atoms with Gasteiger partial charge in [-0.25, -0.2) is 0 Å². The quantitative estimate of drug-likeness (QED) is 0.0718. The highest BCUT2D eigenvalue weighted by Gasteiger charge is 2.60. The van der Waals surface area contributed by atoms with E-state index in [4.69, 9.17) is 152 Å². The maximum Gasteiger partial charge on any atom is 0.187 e. The second-order valence-corrected chi connectivity index (χ2v) is 28.0. The van der Waals surface area contributed by atoms with Gasteiger partial charge in [-0.1, -0.05) is 0 Å². The van der Waals surface area contributed by atoms with Crippen molar-refractivity contribution in [3.05, 3.63) is 0 Å². The second kappa shape index (κ2) is 40.3. The van der Waals surface area contributed by atoms with Crippen LogP contribution in [0.1, 0.15) is 0 Å². The Kier molecular flexibility index (Phi) is 33.5. The molecule has 0 aromatic carbocycles. The van der Waals surface area contributed by atoms with Gasteiger partial charge in [0.2, 0.25) is 0 Å². The summed E-state index contributed by atoms with van der Waals surface area (Å²) in [6.07, 6.45) is -66.4. The van der Waals surface area contributed by atoms with Crippen LogP contribution in [-0.2, 0) is 66.3 Å². The summed E-state index contributed by atoms with van der Waals surface area (Å²) in [5, 5.41) is 209. The van der Waals surface area contributed by atoms with Crippen LogP contribution in [0.4, 0.5) is 0 Å². The molecule has 0 aromatic heterocycles. The van der Waals surface area contributed by atoms with Crippen LogP contribution in [0.5, 0.6) is 0 Å². The normalized spacial score (nSPS) is 43.0. The number of aliphatic hydroxyl groups excluding tert-OH is 14. The lowest BCUT2D eigenvalue weighted by Gasteiger charge is -2.50. The van der Waals surface area contributed by atoms with Gasteiger partial charge in [0.1, 0.15) is 171 Å². The van der Waals surface area contributed by atoms with E-state index in [-0.39, 0.29) is 81.6 Å². The van der Waals surface area contributed by atoms with Crippen molar-refractivity contribution >= 4 is 121 Å². The van der Waals surface area contributed by atoms with Crippen molar-refractivity contribution < 1.29 is 138 Å². The molecular formula is C56H98N14O28S7. The molecule has 602 valence electrons. The molecule has 42 nitrogen and oxygen atoms in total. The first-order valence-electron chi connectivity index (χ1n) is 33.3. The summed E-state index contributed by atoms with van der Waals surface area (Å²) in [4.78, 5) is 0. The number of rotatable bonds is 14. The molecule has 14 bridgehead atoms. The SMILES string of the molecule is CNC(=S)NC[C@H]1O[C@@H]2O[C@H]3[C@H](O)[C@@H](O)[C@@H](O[C@H]4[C@H](O)[C@@H](O)[C@@H](O[C@H]5[C@H](O)[C@@H](O)[C@@H](O[C@H]6[C@H](O)[C@@H](O)[C@@H](O[C@H]7[C@H](O)[C@@H](O)[C@@H](O[C@H]8[C@H](O)C(O)[C@@H](O[C@H]1[C@H](O)[C@H]2O)O[C@@H]8CNC(=S)NC)O[C@@H]7CNC(=S)NC)O[C@@H]6CNC(=S)NC)O[C@@H]5CNC(=S)NC)O[C@@H]4CNC(=S)NC)O[C@@H]3CNC(=S)NC. The maximum atomic E-state index is 12.2. The summed E-state index contributed by atoms with van der Waals surface area (Å²) >= 11 is 37.6. The molecule has 28 N–H and O–H groups in total. The minimum atomic E-state index is -2.16. The molecule has 21 rings (SSSR count). The van der Waals surface area contributed by atoms with E-state index >= 15 is 0 Å². The minimum absolute atomic E-state index is 0.0376. The van der Waals surface area contributed by atoms with Crippen LogP contribution in [0.15, 0.2) is 0 Å². The van der Waals surface area contributed by atoms with Crippen LogP contribution in [0.2, 0.25) is 0 Å². The van der Waals surface area contributed by atoms with Crippen molar-refractivity contribution in [3.63, 3.8) is 0 Å². The molecule has 21 fully saturated rings. The first kappa shape index (κ1) is 87.3. The third-order valence-corrected chi connectivity index (χ3v) is 20.8. The number of nitrogens with one attached hydrogen (secondary N) is 14. The maximum absolute atomic E-state index is 12.2. The molecule has 49 heteroatoms. The van der Waals surface area contributed by atoms with Crippen molar-refractivity contribution in [1.29, 1.82) is 0 Å². The predicted octanol–water partition coefficient (Wildman–Crippen LogP) is -14.5. The van der Waals surface area contributed by atoms with Crippen molar-refractivity contribution in [2.24, 2.45) is 0 Å². The highest BCUT2D eigenvalue weighted by Crippen LogP contribution is 2.39. The number of ether oxygens (including phenoxy) is 14. The largest absolute Gasteiger partial charge is 0.387 e. The first-order valence-corrected chi connectivity index (χ1v) is 36.2. The van der Waals surface area contributed by atoms with Gasteiger partial charge >= 0.3 is 0 Å². The van der Waals surface area contributed by atoms with Crippen LogP contribution in [0, 0.1) is 0 Å². The molecule has 21 heterocycles. The summed E-state index contributed by atoms with van der Waals surface area (Å²) < 4.78 is 88.3. The first-order chi connectivity index (χ1) is 49.9. The molecule has 0 spiro atoms. The molecule has 35 atom stereocenters. The zero-order valence-corrected chi connectivity index (χ0v) is 63.2. The van der Waals surface area contributed by atoms with E-state index in [1.165, 1.54) is 49.3 Å². The average molecular weight is 1640 g/mol. The Balaban J connectivity index is 1.21. The summed E-state index contributed by atoms with van der Waals surface area (Å²) in [5.41, 5.74) is 0. The lowest BCUT2D eigenvalue weighted by Crippen LogP contribution is -2.69. The predicted molar refractivity (Wildman–Crippen MR) is 386 cm³/mol. The molecule has 105 heavy (non-hydrogen) atoms. The van der Waals surface area contributed by atoms with E-state index in [0.29, 0.717) is 0 Å². The van der Waals surface area contributed by atoms with Gasteiger partial charge in [0.15, 0.2) is 79.8 Å². The van der Waals surface area contributed by atoms with E-state index in [1.54, 1.807) is 0 Å². The number of hydrogen-bond acceptors (Lipinski definition) is 35. The Labute approximate surface area is 640 Å². The van der Waals surface area contributed by atoms with Gasteiger partial charge in [0.05, 0.1) is 0 Å². The Morgan fingerprint density at radius 3 is 0.390 bits per heavy atom. The molecule has 0 saturated carbocycles. The number of hydrogen-bond donors (Lipinski definition) is 28. The van der Waals surface area contributed by atoms with E-state index in [1.807, 2.05) is 0 Å². The fourth-order valence-corrected chi connectivity index (χ4v) is 13.1. The summed E-state index contributed by atoms with van der Waals surface area (Å²) in [6, 6.07) is 0. The monoisotopic (exact) mass is 1640 g/mol. The van der Waals surface area contributed by atoms with Gasteiger partial charge in [-0.3, -0.25) is 0 Å². The Hall–Kier alpha value is -3.29. The van der Waals surface area contributed by atoms with Gasteiger partial charge in [-0.2, -0.15) is 0 Å². The van der Waals surface area contributed by atoms with Crippen LogP contribution >= 0.6 is 85.5 Å². The average Bonchev–Trinajstić information content (AvgIpc) is 0.790. The van der Waals surface area contributed by atoms with Gasteiger partial charge in [0, 0.05) is 95.1 Å². The topological polar surface area (TPSA) is 581 Å². The summed E-state index contributed by atoms with van der Waals surface area (Å²) in [6.45, 7) is -2.63. The molecule has 0 radical (unpaired) electrons. The van der Waals surface area contributed by atoms with Gasteiger partial charge in [-0.15, -0.1) is 0 Å². The van der Waals surface area contributed by atoms with E-state index in [0.717, 1.165) is 0 Å². The zero-order chi connectivity index (χ0) is 77.0. The molecule has 0 aliphatic carbocycles. The zero-order valence-electron chi connectivity index (χ0n) is 57.5. The minimum Gasteiger partial charge on any atom is -0.387 e. The third-order valence-electron chi connectivity index (χ3n) is 18.4. The Morgan fingerprint density at radius 2 is 0.295 bits per heavy atom. The summed E-state index contributed by atoms with van der Waals surface area (Å²) in [5.74, 6) is 0. The molecule has 21 saturated heterocycles. The fraction of sp³-hybridized carbons (Fsp3) is 0.875.